The molecule has 8 nitrogen and oxygen atoms in total. The summed E-state index contributed by atoms with van der Waals surface area (Å²) in [5.74, 6) is -1.60. The van der Waals surface area contributed by atoms with Crippen molar-refractivity contribution in [3.63, 3.8) is 0 Å². The van der Waals surface area contributed by atoms with E-state index >= 15 is 0 Å². The third-order valence-corrected chi connectivity index (χ3v) is 6.41. The molecule has 0 spiro atoms. The summed E-state index contributed by atoms with van der Waals surface area (Å²) in [6.07, 6.45) is -0.872. The van der Waals surface area contributed by atoms with Crippen molar-refractivity contribution in [1.29, 1.82) is 0 Å². The van der Waals surface area contributed by atoms with Gasteiger partial charge in [0.05, 0.1) is 0 Å². The van der Waals surface area contributed by atoms with Gasteiger partial charge in [0.25, 0.3) is 0 Å². The molecule has 2 amide bonds. The van der Waals surface area contributed by atoms with E-state index in [4.69, 9.17) is 9.47 Å². The SMILES string of the molecule is CC(C)(CC(=O)NCC1CCOC1C(=O)O)NC(=O)OCC1c2ccccc2-c2ccccc21. The van der Waals surface area contributed by atoms with Crippen LogP contribution >= 0.6 is 0 Å². The highest BCUT2D eigenvalue weighted by Gasteiger charge is 2.35. The van der Waals surface area contributed by atoms with E-state index in [1.165, 1.54) is 0 Å². The normalized spacial score (nSPS) is 19.2. The van der Waals surface area contributed by atoms with E-state index in [-0.39, 0.29) is 37.3 Å². The minimum absolute atomic E-state index is 0.0303. The molecule has 2 aliphatic rings. The number of ether oxygens (including phenoxy) is 2. The van der Waals surface area contributed by atoms with Crippen LogP contribution in [0.3, 0.4) is 0 Å². The molecule has 3 N–H and O–H groups in total. The van der Waals surface area contributed by atoms with Crippen LogP contribution in [-0.2, 0) is 19.1 Å². The molecular weight excluding hydrogens is 436 g/mol. The summed E-state index contributed by atoms with van der Waals surface area (Å²) >= 11 is 0. The van der Waals surface area contributed by atoms with E-state index in [9.17, 15) is 19.5 Å². The molecule has 2 aromatic carbocycles. The van der Waals surface area contributed by atoms with Crippen molar-refractivity contribution in [1.82, 2.24) is 10.6 Å². The summed E-state index contributed by atoms with van der Waals surface area (Å²) in [6, 6.07) is 16.2. The molecule has 2 atom stereocenters. The van der Waals surface area contributed by atoms with Gasteiger partial charge < -0.3 is 25.2 Å². The molecule has 0 aromatic heterocycles. The Morgan fingerprint density at radius 3 is 2.29 bits per heavy atom. The van der Waals surface area contributed by atoms with Crippen molar-refractivity contribution in [2.75, 3.05) is 19.8 Å². The number of carboxylic acid groups (broad SMARTS) is 1. The lowest BCUT2D eigenvalue weighted by molar-refractivity contribution is -0.149. The Balaban J connectivity index is 1.28. The van der Waals surface area contributed by atoms with Crippen molar-refractivity contribution < 1.29 is 29.0 Å². The van der Waals surface area contributed by atoms with Gasteiger partial charge in [0.15, 0.2) is 6.10 Å². The average molecular weight is 467 g/mol. The number of aliphatic carboxylic acids is 1. The second-order valence-corrected chi connectivity index (χ2v) is 9.49. The van der Waals surface area contributed by atoms with Crippen molar-refractivity contribution in [3.05, 3.63) is 59.7 Å². The molecule has 180 valence electrons. The average Bonchev–Trinajstić information content (AvgIpc) is 3.38. The first kappa shape index (κ1) is 23.8. The summed E-state index contributed by atoms with van der Waals surface area (Å²) in [6.45, 7) is 4.27. The predicted molar refractivity (Wildman–Crippen MR) is 125 cm³/mol. The van der Waals surface area contributed by atoms with E-state index in [1.54, 1.807) is 13.8 Å². The summed E-state index contributed by atoms with van der Waals surface area (Å²) < 4.78 is 10.8. The molecule has 4 rings (SSSR count). The maximum Gasteiger partial charge on any atom is 0.407 e. The van der Waals surface area contributed by atoms with Crippen LogP contribution in [0.2, 0.25) is 0 Å². The lowest BCUT2D eigenvalue weighted by atomic mass is 9.98. The van der Waals surface area contributed by atoms with E-state index in [1.807, 2.05) is 24.3 Å². The number of fused-ring (bicyclic) bond motifs is 3. The van der Waals surface area contributed by atoms with Crippen LogP contribution in [0.25, 0.3) is 11.1 Å². The maximum atomic E-state index is 12.6. The number of carbonyl (C=O) groups excluding carboxylic acids is 2. The van der Waals surface area contributed by atoms with Gasteiger partial charge in [0, 0.05) is 36.9 Å². The molecule has 34 heavy (non-hydrogen) atoms. The highest BCUT2D eigenvalue weighted by atomic mass is 16.5. The first-order valence-corrected chi connectivity index (χ1v) is 11.5. The zero-order valence-corrected chi connectivity index (χ0v) is 19.4. The number of amides is 2. The second kappa shape index (κ2) is 9.85. The summed E-state index contributed by atoms with van der Waals surface area (Å²) in [4.78, 5) is 36.2. The van der Waals surface area contributed by atoms with Crippen LogP contribution in [0.1, 0.15) is 43.7 Å². The molecular formula is C26H30N2O6. The third-order valence-electron chi connectivity index (χ3n) is 6.41. The number of benzene rings is 2. The number of carboxylic acids is 1. The quantitative estimate of drug-likeness (QED) is 0.550. The van der Waals surface area contributed by atoms with Gasteiger partial charge in [-0.15, -0.1) is 0 Å². The Morgan fingerprint density at radius 1 is 1.06 bits per heavy atom. The Kier molecular flexibility index (Phi) is 6.88. The van der Waals surface area contributed by atoms with E-state index < -0.39 is 23.7 Å². The van der Waals surface area contributed by atoms with Crippen molar-refractivity contribution in [2.45, 2.75) is 44.2 Å². The monoisotopic (exact) mass is 466 g/mol. The number of alkyl carbamates (subject to hydrolysis) is 1. The topological polar surface area (TPSA) is 114 Å². The first-order chi connectivity index (χ1) is 16.2. The van der Waals surface area contributed by atoms with Crippen LogP contribution in [0, 0.1) is 5.92 Å². The Morgan fingerprint density at radius 2 is 1.68 bits per heavy atom. The van der Waals surface area contributed by atoms with Gasteiger partial charge in [-0.05, 0) is 42.5 Å². The molecule has 2 aromatic rings. The molecule has 2 unspecified atom stereocenters. The van der Waals surface area contributed by atoms with E-state index in [2.05, 4.69) is 34.9 Å². The van der Waals surface area contributed by atoms with Crippen molar-refractivity contribution in [2.24, 2.45) is 5.92 Å². The van der Waals surface area contributed by atoms with Gasteiger partial charge in [-0.25, -0.2) is 9.59 Å². The second-order valence-electron chi connectivity index (χ2n) is 9.49. The number of carbonyl (C=O) groups is 3. The lowest BCUT2D eigenvalue weighted by Gasteiger charge is -2.26. The standard InChI is InChI=1S/C26H30N2O6/c1-26(2,13-22(29)27-14-16-11-12-33-23(16)24(30)31)28-25(32)34-15-21-19-9-5-3-7-17(19)18-8-4-6-10-20(18)21/h3-10,16,21,23H,11-15H2,1-2H3,(H,27,29)(H,28,32)(H,30,31). The lowest BCUT2D eigenvalue weighted by Crippen LogP contribution is -2.48. The van der Waals surface area contributed by atoms with Gasteiger partial charge in [-0.1, -0.05) is 48.5 Å². The van der Waals surface area contributed by atoms with Gasteiger partial charge in [0.1, 0.15) is 6.61 Å². The minimum atomic E-state index is -1.02. The Bertz CT molecular complexity index is 1040. The van der Waals surface area contributed by atoms with Gasteiger partial charge >= 0.3 is 12.1 Å². The largest absolute Gasteiger partial charge is 0.479 e. The Labute approximate surface area is 198 Å². The fourth-order valence-corrected chi connectivity index (χ4v) is 4.78. The first-order valence-electron chi connectivity index (χ1n) is 11.5. The summed E-state index contributed by atoms with van der Waals surface area (Å²) in [5.41, 5.74) is 3.73. The van der Waals surface area contributed by atoms with Gasteiger partial charge in [-0.2, -0.15) is 0 Å². The number of hydrogen-bond donors (Lipinski definition) is 3. The maximum absolute atomic E-state index is 12.6. The fraction of sp³-hybridized carbons (Fsp3) is 0.423. The van der Waals surface area contributed by atoms with E-state index in [0.29, 0.717) is 13.0 Å². The number of rotatable bonds is 8. The third kappa shape index (κ3) is 5.22. The predicted octanol–water partition coefficient (Wildman–Crippen LogP) is 3.30. The highest BCUT2D eigenvalue weighted by molar-refractivity contribution is 5.80. The zero-order valence-electron chi connectivity index (χ0n) is 19.4. The molecule has 0 saturated carbocycles. The van der Waals surface area contributed by atoms with Crippen LogP contribution in [0.15, 0.2) is 48.5 Å². The fourth-order valence-electron chi connectivity index (χ4n) is 4.78. The molecule has 1 fully saturated rings. The minimum Gasteiger partial charge on any atom is -0.479 e. The molecule has 1 aliphatic heterocycles. The van der Waals surface area contributed by atoms with Gasteiger partial charge in [0.2, 0.25) is 5.91 Å². The smallest absolute Gasteiger partial charge is 0.407 e. The molecule has 1 heterocycles. The number of nitrogens with one attached hydrogen (secondary N) is 2. The molecule has 0 radical (unpaired) electrons. The van der Waals surface area contributed by atoms with Crippen molar-refractivity contribution >= 4 is 18.0 Å². The highest BCUT2D eigenvalue weighted by Crippen LogP contribution is 2.44. The van der Waals surface area contributed by atoms with Crippen molar-refractivity contribution in [3.8, 4) is 11.1 Å². The van der Waals surface area contributed by atoms with Crippen LogP contribution in [0.4, 0.5) is 4.79 Å². The number of hydrogen-bond acceptors (Lipinski definition) is 5. The van der Waals surface area contributed by atoms with Gasteiger partial charge in [-0.3, -0.25) is 4.79 Å². The van der Waals surface area contributed by atoms with Crippen LogP contribution in [-0.4, -0.2) is 54.5 Å². The van der Waals surface area contributed by atoms with Crippen LogP contribution in [0.5, 0.6) is 0 Å². The van der Waals surface area contributed by atoms with Crippen LogP contribution < -0.4 is 10.6 Å². The molecule has 0 bridgehead atoms. The zero-order chi connectivity index (χ0) is 24.3. The molecule has 1 aliphatic carbocycles. The summed E-state index contributed by atoms with van der Waals surface area (Å²) in [5, 5.41) is 14.7. The summed E-state index contributed by atoms with van der Waals surface area (Å²) in [7, 11) is 0. The van der Waals surface area contributed by atoms with E-state index in [0.717, 1.165) is 22.3 Å². The Hall–Kier alpha value is -3.39. The molecule has 8 heteroatoms. The molecule has 1 saturated heterocycles.